The average molecular weight is 286 g/mol. The molecule has 0 bridgehead atoms. The highest BCUT2D eigenvalue weighted by molar-refractivity contribution is 9.10. The molecule has 0 amide bonds. The van der Waals surface area contributed by atoms with E-state index >= 15 is 0 Å². The summed E-state index contributed by atoms with van der Waals surface area (Å²) < 4.78 is 0.972. The molecule has 2 rings (SSSR count). The van der Waals surface area contributed by atoms with E-state index in [2.05, 4.69) is 20.8 Å². The van der Waals surface area contributed by atoms with Crippen LogP contribution in [-0.4, -0.2) is 29.4 Å². The third-order valence-electron chi connectivity index (χ3n) is 2.96. The molecule has 0 radical (unpaired) electrons. The molecule has 1 fully saturated rings. The van der Waals surface area contributed by atoms with Crippen molar-refractivity contribution in [1.29, 1.82) is 0 Å². The summed E-state index contributed by atoms with van der Waals surface area (Å²) >= 11 is 3.51. The summed E-state index contributed by atoms with van der Waals surface area (Å²) in [5.74, 6) is 0. The van der Waals surface area contributed by atoms with Crippen molar-refractivity contribution in [2.24, 2.45) is 0 Å². The second-order valence-electron chi connectivity index (χ2n) is 4.28. The first kappa shape index (κ1) is 11.9. The van der Waals surface area contributed by atoms with Gasteiger partial charge in [0, 0.05) is 17.6 Å². The van der Waals surface area contributed by atoms with Gasteiger partial charge in [-0.2, -0.15) is 0 Å². The Kier molecular flexibility index (Phi) is 3.52. The van der Waals surface area contributed by atoms with Crippen LogP contribution in [0.2, 0.25) is 0 Å². The number of hydrogen-bond acceptors (Lipinski definition) is 3. The second-order valence-corrected chi connectivity index (χ2v) is 5.13. The predicted octanol–water partition coefficient (Wildman–Crippen LogP) is 2.07. The number of benzene rings is 1. The molecular weight excluding hydrogens is 270 g/mol. The standard InChI is InChI=1S/C12H16BrNO2/c1-8(15)9-2-3-12(11(13)6-9)14-5-4-10(16)7-14/h2-3,6,8,10,15-16H,4-5,7H2,1H3. The summed E-state index contributed by atoms with van der Waals surface area (Å²) in [6, 6.07) is 5.85. The van der Waals surface area contributed by atoms with Gasteiger partial charge in [-0.15, -0.1) is 0 Å². The lowest BCUT2D eigenvalue weighted by atomic mass is 10.1. The van der Waals surface area contributed by atoms with Crippen molar-refractivity contribution in [2.45, 2.75) is 25.6 Å². The van der Waals surface area contributed by atoms with Crippen molar-refractivity contribution in [3.8, 4) is 0 Å². The normalized spacial score (nSPS) is 22.5. The van der Waals surface area contributed by atoms with Crippen LogP contribution in [0.15, 0.2) is 22.7 Å². The Morgan fingerprint density at radius 1 is 1.50 bits per heavy atom. The van der Waals surface area contributed by atoms with E-state index in [0.29, 0.717) is 6.54 Å². The quantitative estimate of drug-likeness (QED) is 0.874. The lowest BCUT2D eigenvalue weighted by Gasteiger charge is -2.20. The zero-order valence-electron chi connectivity index (χ0n) is 9.23. The number of nitrogens with zero attached hydrogens (tertiary/aromatic N) is 1. The first-order valence-corrected chi connectivity index (χ1v) is 6.27. The van der Waals surface area contributed by atoms with Gasteiger partial charge in [-0.3, -0.25) is 0 Å². The molecule has 2 N–H and O–H groups in total. The summed E-state index contributed by atoms with van der Waals surface area (Å²) in [6.07, 6.45) is 0.155. The van der Waals surface area contributed by atoms with Gasteiger partial charge in [0.15, 0.2) is 0 Å². The van der Waals surface area contributed by atoms with E-state index in [-0.39, 0.29) is 6.10 Å². The van der Waals surface area contributed by atoms with E-state index in [9.17, 15) is 10.2 Å². The SMILES string of the molecule is CC(O)c1ccc(N2CCC(O)C2)c(Br)c1. The number of β-amino-alcohol motifs (C(OH)–C–C–N with tert-alkyl or cyclic N) is 1. The van der Waals surface area contributed by atoms with Crippen LogP contribution < -0.4 is 4.90 Å². The molecule has 1 aromatic rings. The molecule has 2 atom stereocenters. The van der Waals surface area contributed by atoms with E-state index in [0.717, 1.165) is 28.7 Å². The molecule has 2 unspecified atom stereocenters. The van der Waals surface area contributed by atoms with Crippen LogP contribution in [-0.2, 0) is 0 Å². The molecule has 0 spiro atoms. The minimum Gasteiger partial charge on any atom is -0.391 e. The maximum atomic E-state index is 9.50. The Morgan fingerprint density at radius 2 is 2.25 bits per heavy atom. The Labute approximate surface area is 104 Å². The summed E-state index contributed by atoms with van der Waals surface area (Å²) in [6.45, 7) is 3.32. The van der Waals surface area contributed by atoms with Crippen LogP contribution in [0.1, 0.15) is 25.0 Å². The number of anilines is 1. The zero-order chi connectivity index (χ0) is 11.7. The van der Waals surface area contributed by atoms with Crippen molar-refractivity contribution >= 4 is 21.6 Å². The largest absolute Gasteiger partial charge is 0.391 e. The maximum Gasteiger partial charge on any atom is 0.0762 e. The molecular formula is C12H16BrNO2. The third kappa shape index (κ3) is 2.39. The van der Waals surface area contributed by atoms with Crippen LogP contribution >= 0.6 is 15.9 Å². The molecule has 1 saturated heterocycles. The van der Waals surface area contributed by atoms with Crippen LogP contribution in [0.25, 0.3) is 0 Å². The fourth-order valence-electron chi connectivity index (χ4n) is 2.00. The summed E-state index contributed by atoms with van der Waals surface area (Å²) in [4.78, 5) is 2.15. The fourth-order valence-corrected chi connectivity index (χ4v) is 2.65. The molecule has 1 aromatic carbocycles. The molecule has 88 valence electrons. The summed E-state index contributed by atoms with van der Waals surface area (Å²) in [5.41, 5.74) is 1.98. The summed E-state index contributed by atoms with van der Waals surface area (Å²) in [5, 5.41) is 19.0. The Balaban J connectivity index is 2.22. The number of aliphatic hydroxyl groups is 2. The molecule has 1 aliphatic rings. The van der Waals surface area contributed by atoms with E-state index in [1.165, 1.54) is 0 Å². The van der Waals surface area contributed by atoms with Gasteiger partial charge in [0.2, 0.25) is 0 Å². The Hall–Kier alpha value is -0.580. The van der Waals surface area contributed by atoms with Gasteiger partial charge in [-0.05, 0) is 47.0 Å². The fraction of sp³-hybridized carbons (Fsp3) is 0.500. The summed E-state index contributed by atoms with van der Waals surface area (Å²) in [7, 11) is 0. The monoisotopic (exact) mass is 285 g/mol. The number of halogens is 1. The second kappa shape index (κ2) is 4.73. The predicted molar refractivity (Wildman–Crippen MR) is 67.6 cm³/mol. The van der Waals surface area contributed by atoms with E-state index in [1.807, 2.05) is 18.2 Å². The zero-order valence-corrected chi connectivity index (χ0v) is 10.8. The average Bonchev–Trinajstić information content (AvgIpc) is 2.64. The van der Waals surface area contributed by atoms with Crippen LogP contribution in [0, 0.1) is 0 Å². The number of hydrogen-bond donors (Lipinski definition) is 2. The van der Waals surface area contributed by atoms with Gasteiger partial charge < -0.3 is 15.1 Å². The molecule has 4 heteroatoms. The number of aliphatic hydroxyl groups excluding tert-OH is 2. The lowest BCUT2D eigenvalue weighted by Crippen LogP contribution is -2.21. The smallest absolute Gasteiger partial charge is 0.0762 e. The first-order valence-electron chi connectivity index (χ1n) is 5.48. The molecule has 3 nitrogen and oxygen atoms in total. The van der Waals surface area contributed by atoms with Crippen LogP contribution in [0.5, 0.6) is 0 Å². The van der Waals surface area contributed by atoms with E-state index in [1.54, 1.807) is 6.92 Å². The van der Waals surface area contributed by atoms with Crippen molar-refractivity contribution in [3.63, 3.8) is 0 Å². The number of rotatable bonds is 2. The molecule has 0 saturated carbocycles. The highest BCUT2D eigenvalue weighted by atomic mass is 79.9. The maximum absolute atomic E-state index is 9.50. The third-order valence-corrected chi connectivity index (χ3v) is 3.59. The molecule has 0 aromatic heterocycles. The van der Waals surface area contributed by atoms with Gasteiger partial charge >= 0.3 is 0 Å². The highest BCUT2D eigenvalue weighted by Gasteiger charge is 2.22. The molecule has 16 heavy (non-hydrogen) atoms. The Bertz CT molecular complexity index is 381. The van der Waals surface area contributed by atoms with Crippen molar-refractivity contribution in [3.05, 3.63) is 28.2 Å². The Morgan fingerprint density at radius 3 is 2.75 bits per heavy atom. The van der Waals surface area contributed by atoms with Crippen molar-refractivity contribution in [1.82, 2.24) is 0 Å². The van der Waals surface area contributed by atoms with Crippen LogP contribution in [0.4, 0.5) is 5.69 Å². The minimum absolute atomic E-state index is 0.219. The van der Waals surface area contributed by atoms with E-state index < -0.39 is 6.10 Å². The van der Waals surface area contributed by atoms with Gasteiger partial charge in [0.1, 0.15) is 0 Å². The van der Waals surface area contributed by atoms with Gasteiger partial charge in [0.05, 0.1) is 17.9 Å². The van der Waals surface area contributed by atoms with Crippen molar-refractivity contribution in [2.75, 3.05) is 18.0 Å². The van der Waals surface area contributed by atoms with E-state index in [4.69, 9.17) is 0 Å². The van der Waals surface area contributed by atoms with Gasteiger partial charge in [-0.25, -0.2) is 0 Å². The van der Waals surface area contributed by atoms with Gasteiger partial charge in [-0.1, -0.05) is 6.07 Å². The first-order chi connectivity index (χ1) is 7.58. The lowest BCUT2D eigenvalue weighted by molar-refractivity contribution is 0.198. The molecule has 0 aliphatic carbocycles. The van der Waals surface area contributed by atoms with Crippen LogP contribution in [0.3, 0.4) is 0 Å². The minimum atomic E-state index is -0.450. The topological polar surface area (TPSA) is 43.7 Å². The van der Waals surface area contributed by atoms with Crippen molar-refractivity contribution < 1.29 is 10.2 Å². The van der Waals surface area contributed by atoms with Gasteiger partial charge in [0.25, 0.3) is 0 Å². The highest BCUT2D eigenvalue weighted by Crippen LogP contribution is 2.31. The molecule has 1 heterocycles. The molecule has 1 aliphatic heterocycles.